The van der Waals surface area contributed by atoms with Crippen LogP contribution in [0.15, 0.2) is 6.20 Å². The maximum absolute atomic E-state index is 10.6. The van der Waals surface area contributed by atoms with Gasteiger partial charge >= 0.3 is 0 Å². The number of rotatable bonds is 2. The Morgan fingerprint density at radius 2 is 2.39 bits per heavy atom. The van der Waals surface area contributed by atoms with Gasteiger partial charge in [0.2, 0.25) is 0 Å². The number of aliphatic hydroxyl groups is 1. The summed E-state index contributed by atoms with van der Waals surface area (Å²) in [4.78, 5) is 0. The first-order chi connectivity index (χ1) is 8.50. The van der Waals surface area contributed by atoms with Gasteiger partial charge in [-0.3, -0.25) is 4.68 Å². The van der Waals surface area contributed by atoms with E-state index in [1.165, 1.54) is 0 Å². The molecule has 0 aliphatic heterocycles. The summed E-state index contributed by atoms with van der Waals surface area (Å²) >= 11 is 0. The third-order valence-electron chi connectivity index (χ3n) is 4.35. The Bertz CT molecular complexity index is 474. The molecular formula is C14H21N3O. The average molecular weight is 247 g/mol. The zero-order valence-corrected chi connectivity index (χ0v) is 11.3. The van der Waals surface area contributed by atoms with Gasteiger partial charge in [0.15, 0.2) is 0 Å². The molecule has 4 heteroatoms. The molecule has 1 aromatic rings. The van der Waals surface area contributed by atoms with E-state index in [-0.39, 0.29) is 0 Å². The van der Waals surface area contributed by atoms with Crippen molar-refractivity contribution >= 4 is 0 Å². The topological polar surface area (TPSA) is 61.8 Å². The maximum Gasteiger partial charge on any atom is 0.101 e. The van der Waals surface area contributed by atoms with Gasteiger partial charge in [-0.05, 0) is 25.7 Å². The highest BCUT2D eigenvalue weighted by Crippen LogP contribution is 2.47. The molecule has 1 N–H and O–H groups in total. The lowest BCUT2D eigenvalue weighted by Crippen LogP contribution is -2.33. The fraction of sp³-hybridized carbons (Fsp3) is 0.714. The van der Waals surface area contributed by atoms with Gasteiger partial charge in [0.25, 0.3) is 0 Å². The second kappa shape index (κ2) is 4.74. The largest absolute Gasteiger partial charge is 0.387 e. The van der Waals surface area contributed by atoms with Crippen molar-refractivity contribution in [2.45, 2.75) is 45.6 Å². The molecule has 1 aliphatic rings. The molecular weight excluding hydrogens is 226 g/mol. The van der Waals surface area contributed by atoms with Crippen molar-refractivity contribution in [3.8, 4) is 6.07 Å². The van der Waals surface area contributed by atoms with Crippen LogP contribution in [-0.4, -0.2) is 14.9 Å². The Labute approximate surface area is 108 Å². The SMILES string of the molecule is Cc1c(C(O)C2(C#N)CCCC(C)C2)cnn1C. The van der Waals surface area contributed by atoms with E-state index in [0.29, 0.717) is 5.92 Å². The van der Waals surface area contributed by atoms with Crippen LogP contribution in [0, 0.1) is 29.6 Å². The molecule has 0 amide bonds. The van der Waals surface area contributed by atoms with Gasteiger partial charge in [0, 0.05) is 18.3 Å². The van der Waals surface area contributed by atoms with E-state index in [4.69, 9.17) is 0 Å². The van der Waals surface area contributed by atoms with Crippen molar-refractivity contribution < 1.29 is 5.11 Å². The minimum absolute atomic E-state index is 0.505. The van der Waals surface area contributed by atoms with Crippen LogP contribution in [-0.2, 0) is 7.05 Å². The van der Waals surface area contributed by atoms with Gasteiger partial charge in [-0.25, -0.2) is 0 Å². The van der Waals surface area contributed by atoms with Crippen LogP contribution in [0.25, 0.3) is 0 Å². The third-order valence-corrected chi connectivity index (χ3v) is 4.35. The van der Waals surface area contributed by atoms with E-state index in [9.17, 15) is 10.4 Å². The van der Waals surface area contributed by atoms with E-state index in [1.54, 1.807) is 10.9 Å². The number of aromatic nitrogens is 2. The van der Waals surface area contributed by atoms with Gasteiger partial charge in [-0.15, -0.1) is 0 Å². The first-order valence-electron chi connectivity index (χ1n) is 6.58. The number of nitriles is 1. The molecule has 0 saturated heterocycles. The summed E-state index contributed by atoms with van der Waals surface area (Å²) in [5.41, 5.74) is 1.11. The highest BCUT2D eigenvalue weighted by Gasteiger charge is 2.43. The van der Waals surface area contributed by atoms with E-state index in [0.717, 1.165) is 36.9 Å². The van der Waals surface area contributed by atoms with Crippen molar-refractivity contribution in [2.24, 2.45) is 18.4 Å². The Morgan fingerprint density at radius 3 is 2.89 bits per heavy atom. The standard InChI is InChI=1S/C14H21N3O/c1-10-5-4-6-14(7-10,9-15)13(18)12-8-16-17(3)11(12)2/h8,10,13,18H,4-7H2,1-3H3. The van der Waals surface area contributed by atoms with Gasteiger partial charge in [-0.1, -0.05) is 19.8 Å². The van der Waals surface area contributed by atoms with Crippen molar-refractivity contribution in [1.29, 1.82) is 5.26 Å². The number of hydrogen-bond acceptors (Lipinski definition) is 3. The van der Waals surface area contributed by atoms with Crippen LogP contribution >= 0.6 is 0 Å². The van der Waals surface area contributed by atoms with Gasteiger partial charge in [0.1, 0.15) is 6.10 Å². The van der Waals surface area contributed by atoms with E-state index >= 15 is 0 Å². The monoisotopic (exact) mass is 247 g/mol. The summed E-state index contributed by atoms with van der Waals surface area (Å²) < 4.78 is 1.75. The summed E-state index contributed by atoms with van der Waals surface area (Å²) in [6.45, 7) is 4.09. The van der Waals surface area contributed by atoms with Gasteiger partial charge in [-0.2, -0.15) is 10.4 Å². The third kappa shape index (κ3) is 2.04. The zero-order valence-electron chi connectivity index (χ0n) is 11.3. The molecule has 3 atom stereocenters. The molecule has 98 valence electrons. The first-order valence-corrected chi connectivity index (χ1v) is 6.58. The summed E-state index contributed by atoms with van der Waals surface area (Å²) in [5, 5.41) is 24.3. The summed E-state index contributed by atoms with van der Waals surface area (Å²) in [6.07, 6.45) is 4.70. The number of hydrogen-bond donors (Lipinski definition) is 1. The molecule has 1 fully saturated rings. The van der Waals surface area contributed by atoms with Crippen LogP contribution in [0.1, 0.15) is 50.0 Å². The summed E-state index contributed by atoms with van der Waals surface area (Å²) in [5.74, 6) is 0.505. The fourth-order valence-corrected chi connectivity index (χ4v) is 3.08. The summed E-state index contributed by atoms with van der Waals surface area (Å²) in [7, 11) is 1.86. The van der Waals surface area contributed by atoms with Crippen molar-refractivity contribution in [1.82, 2.24) is 9.78 Å². The highest BCUT2D eigenvalue weighted by molar-refractivity contribution is 5.25. The summed E-state index contributed by atoms with van der Waals surface area (Å²) in [6, 6.07) is 2.40. The molecule has 18 heavy (non-hydrogen) atoms. The Hall–Kier alpha value is -1.34. The van der Waals surface area contributed by atoms with Crippen LogP contribution < -0.4 is 0 Å². The van der Waals surface area contributed by atoms with E-state index in [1.807, 2.05) is 14.0 Å². The molecule has 3 unspecified atom stereocenters. The first kappa shape index (κ1) is 13.1. The van der Waals surface area contributed by atoms with E-state index in [2.05, 4.69) is 18.1 Å². The average Bonchev–Trinajstić information content (AvgIpc) is 2.69. The second-order valence-electron chi connectivity index (χ2n) is 5.68. The lowest BCUT2D eigenvalue weighted by atomic mass is 9.66. The zero-order chi connectivity index (χ0) is 13.3. The maximum atomic E-state index is 10.6. The predicted octanol–water partition coefficient (Wildman–Crippen LogP) is 2.48. The van der Waals surface area contributed by atoms with Gasteiger partial charge in [0.05, 0.1) is 17.7 Å². The fourth-order valence-electron chi connectivity index (χ4n) is 3.08. The number of nitrogens with zero attached hydrogens (tertiary/aromatic N) is 3. The molecule has 1 heterocycles. The Morgan fingerprint density at radius 1 is 1.67 bits per heavy atom. The smallest absolute Gasteiger partial charge is 0.101 e. The second-order valence-corrected chi connectivity index (χ2v) is 5.68. The molecule has 1 saturated carbocycles. The van der Waals surface area contributed by atoms with Crippen molar-refractivity contribution in [2.75, 3.05) is 0 Å². The van der Waals surface area contributed by atoms with Crippen LogP contribution in [0.5, 0.6) is 0 Å². The lowest BCUT2D eigenvalue weighted by Gasteiger charge is -2.37. The van der Waals surface area contributed by atoms with Crippen molar-refractivity contribution in [3.63, 3.8) is 0 Å². The normalized spacial score (nSPS) is 29.8. The molecule has 1 aliphatic carbocycles. The minimum atomic E-state index is -0.723. The van der Waals surface area contributed by atoms with Gasteiger partial charge < -0.3 is 5.11 Å². The molecule has 0 aromatic carbocycles. The molecule has 2 rings (SSSR count). The Kier molecular flexibility index (Phi) is 3.45. The predicted molar refractivity (Wildman–Crippen MR) is 68.6 cm³/mol. The molecule has 0 spiro atoms. The van der Waals surface area contributed by atoms with E-state index < -0.39 is 11.5 Å². The van der Waals surface area contributed by atoms with Crippen LogP contribution in [0.3, 0.4) is 0 Å². The lowest BCUT2D eigenvalue weighted by molar-refractivity contribution is 0.0214. The minimum Gasteiger partial charge on any atom is -0.387 e. The number of aryl methyl sites for hydroxylation is 1. The quantitative estimate of drug-likeness (QED) is 0.873. The highest BCUT2D eigenvalue weighted by atomic mass is 16.3. The molecule has 4 nitrogen and oxygen atoms in total. The Balaban J connectivity index is 2.33. The molecule has 0 bridgehead atoms. The van der Waals surface area contributed by atoms with Crippen molar-refractivity contribution in [3.05, 3.63) is 17.5 Å². The molecule has 0 radical (unpaired) electrons. The number of aliphatic hydroxyl groups excluding tert-OH is 1. The van der Waals surface area contributed by atoms with Crippen LogP contribution in [0.4, 0.5) is 0 Å². The molecule has 1 aromatic heterocycles. The van der Waals surface area contributed by atoms with Crippen LogP contribution in [0.2, 0.25) is 0 Å².